The van der Waals surface area contributed by atoms with Gasteiger partial charge in [-0.15, -0.1) is 0 Å². The van der Waals surface area contributed by atoms with Crippen LogP contribution in [0.1, 0.15) is 13.3 Å². The summed E-state index contributed by atoms with van der Waals surface area (Å²) in [5.74, 6) is -2.25. The van der Waals surface area contributed by atoms with Crippen LogP contribution in [0.5, 0.6) is 11.5 Å². The number of phenols is 1. The number of aliphatic hydroxyl groups is 2. The lowest BCUT2D eigenvalue weighted by Crippen LogP contribution is -2.31. The Morgan fingerprint density at radius 1 is 1.36 bits per heavy atom. The van der Waals surface area contributed by atoms with Gasteiger partial charge in [0, 0.05) is 11.8 Å². The van der Waals surface area contributed by atoms with Gasteiger partial charge in [0.05, 0.1) is 18.8 Å². The van der Waals surface area contributed by atoms with Crippen LogP contribution in [0.15, 0.2) is 24.3 Å². The fourth-order valence-corrected chi connectivity index (χ4v) is 3.91. The van der Waals surface area contributed by atoms with Crippen molar-refractivity contribution >= 4 is 32.6 Å². The first-order valence-electron chi connectivity index (χ1n) is 8.29. The lowest BCUT2D eigenvalue weighted by atomic mass is 10.1. The maximum absolute atomic E-state index is 15.1. The highest BCUT2D eigenvalue weighted by atomic mass is 32.2. The lowest BCUT2D eigenvalue weighted by molar-refractivity contribution is -0.117. The molecule has 11 heteroatoms. The Bertz CT molecular complexity index is 1040. The summed E-state index contributed by atoms with van der Waals surface area (Å²) < 4.78 is 46.7. The largest absolute Gasteiger partial charge is 0.506 e. The number of aliphatic hydroxyl groups excluding tert-OH is 1. The summed E-state index contributed by atoms with van der Waals surface area (Å²) in [4.78, 5) is 11.4. The van der Waals surface area contributed by atoms with E-state index in [1.807, 2.05) is 0 Å². The predicted octanol–water partition coefficient (Wildman–Crippen LogP) is 0.378. The molecule has 152 valence electrons. The summed E-state index contributed by atoms with van der Waals surface area (Å²) in [6.07, 6.45) is 0.130. The number of nitrogens with one attached hydrogen (secondary N) is 1. The number of rotatable bonds is 6. The van der Waals surface area contributed by atoms with Gasteiger partial charge in [-0.25, -0.2) is 13.4 Å². The molecule has 1 aliphatic rings. The van der Waals surface area contributed by atoms with Gasteiger partial charge >= 0.3 is 10.2 Å². The van der Waals surface area contributed by atoms with E-state index in [0.717, 1.165) is 0 Å². The van der Waals surface area contributed by atoms with Gasteiger partial charge in [-0.05, 0) is 30.5 Å². The van der Waals surface area contributed by atoms with E-state index in [1.54, 1.807) is 4.72 Å². The number of phenolic OH excluding ortho intramolecular Hbond substituents is 1. The van der Waals surface area contributed by atoms with Gasteiger partial charge < -0.3 is 20.1 Å². The standard InChI is InChI=1S/C17H19FN2O7S/c1-17(24,9-21)4-5-27-11-3-2-10-6-13(22)16(15(18)12(10)7-11)20-8-14(23)19-28(20,25)26/h2-3,6-7,21-22,24H,4-5,8-9H2,1H3,(H,19,23). The third-order valence-electron chi connectivity index (χ3n) is 4.32. The normalized spacial score (nSPS) is 18.1. The number of carbonyl (C=O) groups is 1. The zero-order valence-electron chi connectivity index (χ0n) is 14.8. The zero-order valence-corrected chi connectivity index (χ0v) is 15.7. The van der Waals surface area contributed by atoms with Gasteiger partial charge in [0.15, 0.2) is 5.82 Å². The van der Waals surface area contributed by atoms with Crippen LogP contribution in [-0.4, -0.2) is 55.0 Å². The van der Waals surface area contributed by atoms with E-state index < -0.39 is 52.1 Å². The number of carbonyl (C=O) groups excluding carboxylic acids is 1. The lowest BCUT2D eigenvalue weighted by Gasteiger charge is -2.20. The molecule has 0 aliphatic carbocycles. The molecule has 1 fully saturated rings. The smallest absolute Gasteiger partial charge is 0.326 e. The fraction of sp³-hybridized carbons (Fsp3) is 0.353. The molecule has 2 aromatic carbocycles. The molecule has 1 unspecified atom stereocenters. The number of halogens is 1. The molecule has 28 heavy (non-hydrogen) atoms. The number of amides is 1. The number of ether oxygens (including phenoxy) is 1. The third-order valence-corrected chi connectivity index (χ3v) is 5.70. The molecular formula is C17H19FN2O7S. The topological polar surface area (TPSA) is 136 Å². The maximum atomic E-state index is 15.1. The molecule has 0 spiro atoms. The molecule has 9 nitrogen and oxygen atoms in total. The first-order chi connectivity index (χ1) is 13.0. The second-order valence-corrected chi connectivity index (χ2v) is 8.33. The number of aromatic hydroxyl groups is 1. The summed E-state index contributed by atoms with van der Waals surface area (Å²) in [7, 11) is -4.30. The molecule has 0 bridgehead atoms. The summed E-state index contributed by atoms with van der Waals surface area (Å²) in [6, 6.07) is 5.50. The molecule has 3 rings (SSSR count). The molecule has 4 N–H and O–H groups in total. The summed E-state index contributed by atoms with van der Waals surface area (Å²) in [5.41, 5.74) is -1.95. The molecule has 1 aliphatic heterocycles. The molecule has 0 saturated carbocycles. The molecule has 1 heterocycles. The van der Waals surface area contributed by atoms with Crippen molar-refractivity contribution in [3.05, 3.63) is 30.1 Å². The summed E-state index contributed by atoms with van der Waals surface area (Å²) in [6.45, 7) is 0.398. The van der Waals surface area contributed by atoms with Crippen molar-refractivity contribution in [1.29, 1.82) is 0 Å². The van der Waals surface area contributed by atoms with Crippen LogP contribution in [0.25, 0.3) is 10.8 Å². The average Bonchev–Trinajstić information content (AvgIpc) is 2.87. The molecule has 0 radical (unpaired) electrons. The fourth-order valence-electron chi connectivity index (χ4n) is 2.75. The molecule has 1 amide bonds. The molecule has 1 atom stereocenters. The van der Waals surface area contributed by atoms with Crippen molar-refractivity contribution in [3.8, 4) is 11.5 Å². The number of anilines is 1. The number of benzene rings is 2. The molecule has 0 aromatic heterocycles. The van der Waals surface area contributed by atoms with Crippen LogP contribution in [-0.2, 0) is 15.0 Å². The minimum absolute atomic E-state index is 0.0197. The van der Waals surface area contributed by atoms with Crippen LogP contribution in [0.4, 0.5) is 10.1 Å². The minimum Gasteiger partial charge on any atom is -0.506 e. The Hall–Kier alpha value is -2.63. The predicted molar refractivity (Wildman–Crippen MR) is 97.8 cm³/mol. The van der Waals surface area contributed by atoms with E-state index in [-0.39, 0.29) is 24.2 Å². The molecule has 1 saturated heterocycles. The van der Waals surface area contributed by atoms with Crippen molar-refractivity contribution in [2.24, 2.45) is 0 Å². The maximum Gasteiger partial charge on any atom is 0.326 e. The Kier molecular flexibility index (Phi) is 5.08. The molecular weight excluding hydrogens is 395 g/mol. The minimum atomic E-state index is -4.30. The van der Waals surface area contributed by atoms with Gasteiger partial charge in [-0.1, -0.05) is 6.07 Å². The third kappa shape index (κ3) is 3.81. The highest BCUT2D eigenvalue weighted by Gasteiger charge is 2.37. The zero-order chi connectivity index (χ0) is 20.7. The van der Waals surface area contributed by atoms with E-state index in [1.165, 1.54) is 31.2 Å². The van der Waals surface area contributed by atoms with Crippen LogP contribution in [0, 0.1) is 5.82 Å². The Balaban J connectivity index is 1.96. The van der Waals surface area contributed by atoms with Crippen molar-refractivity contribution in [3.63, 3.8) is 0 Å². The van der Waals surface area contributed by atoms with Crippen LogP contribution >= 0.6 is 0 Å². The monoisotopic (exact) mass is 414 g/mol. The average molecular weight is 414 g/mol. The van der Waals surface area contributed by atoms with E-state index in [2.05, 4.69) is 0 Å². The number of fused-ring (bicyclic) bond motifs is 1. The van der Waals surface area contributed by atoms with Gasteiger partial charge in [0.25, 0.3) is 5.91 Å². The quantitative estimate of drug-likeness (QED) is 0.536. The van der Waals surface area contributed by atoms with Crippen LogP contribution < -0.4 is 13.8 Å². The van der Waals surface area contributed by atoms with Gasteiger partial charge in [0.1, 0.15) is 23.7 Å². The highest BCUT2D eigenvalue weighted by Crippen LogP contribution is 2.39. The van der Waals surface area contributed by atoms with Gasteiger partial charge in [-0.3, -0.25) is 4.79 Å². The van der Waals surface area contributed by atoms with E-state index in [0.29, 0.717) is 9.69 Å². The number of nitrogens with zero attached hydrogens (tertiary/aromatic N) is 1. The van der Waals surface area contributed by atoms with Gasteiger partial charge in [0.2, 0.25) is 0 Å². The van der Waals surface area contributed by atoms with Crippen molar-refractivity contribution in [1.82, 2.24) is 4.72 Å². The Labute approximate surface area is 160 Å². The highest BCUT2D eigenvalue weighted by molar-refractivity contribution is 7.92. The summed E-state index contributed by atoms with van der Waals surface area (Å²) >= 11 is 0. The SMILES string of the molecule is CC(O)(CO)CCOc1ccc2cc(O)c(N3CC(=O)NS3(=O)=O)c(F)c2c1. The Morgan fingerprint density at radius 3 is 2.68 bits per heavy atom. The van der Waals surface area contributed by atoms with Crippen molar-refractivity contribution in [2.75, 3.05) is 24.1 Å². The Morgan fingerprint density at radius 2 is 2.07 bits per heavy atom. The van der Waals surface area contributed by atoms with Gasteiger partial charge in [-0.2, -0.15) is 8.42 Å². The number of hydrogen-bond donors (Lipinski definition) is 4. The summed E-state index contributed by atoms with van der Waals surface area (Å²) in [5, 5.41) is 29.2. The van der Waals surface area contributed by atoms with E-state index in [4.69, 9.17) is 9.84 Å². The first kappa shape index (κ1) is 20.1. The van der Waals surface area contributed by atoms with E-state index in [9.17, 15) is 23.4 Å². The van der Waals surface area contributed by atoms with E-state index >= 15 is 4.39 Å². The molecule has 2 aromatic rings. The first-order valence-corrected chi connectivity index (χ1v) is 9.73. The van der Waals surface area contributed by atoms with Crippen molar-refractivity contribution < 1.29 is 37.7 Å². The second-order valence-electron chi connectivity index (χ2n) is 6.73. The van der Waals surface area contributed by atoms with Crippen LogP contribution in [0.3, 0.4) is 0 Å². The van der Waals surface area contributed by atoms with Crippen LogP contribution in [0.2, 0.25) is 0 Å². The van der Waals surface area contributed by atoms with Crippen molar-refractivity contribution in [2.45, 2.75) is 18.9 Å². The number of hydrogen-bond acceptors (Lipinski definition) is 7. The second kappa shape index (κ2) is 7.08.